The third kappa shape index (κ3) is 3.94. The van der Waals surface area contributed by atoms with Crippen LogP contribution in [0.15, 0.2) is 36.4 Å². The first-order valence-electron chi connectivity index (χ1n) is 10.0. The number of para-hydroxylation sites is 1. The van der Waals surface area contributed by atoms with Gasteiger partial charge in [-0.2, -0.15) is 0 Å². The van der Waals surface area contributed by atoms with Crippen molar-refractivity contribution in [2.45, 2.75) is 26.2 Å². The molecule has 4 rings (SSSR count). The van der Waals surface area contributed by atoms with Crippen molar-refractivity contribution >= 4 is 17.6 Å². The molecule has 148 valence electrons. The van der Waals surface area contributed by atoms with Crippen molar-refractivity contribution in [3.05, 3.63) is 42.1 Å². The van der Waals surface area contributed by atoms with Crippen LogP contribution in [-0.4, -0.2) is 52.7 Å². The van der Waals surface area contributed by atoms with Crippen LogP contribution in [-0.2, 0) is 9.59 Å². The maximum absolute atomic E-state index is 12.7. The number of aryl methyl sites for hydroxylation is 1. The van der Waals surface area contributed by atoms with Crippen LogP contribution < -0.4 is 10.6 Å². The van der Waals surface area contributed by atoms with Gasteiger partial charge >= 0.3 is 11.8 Å². The third-order valence-corrected chi connectivity index (χ3v) is 5.83. The van der Waals surface area contributed by atoms with Crippen molar-refractivity contribution in [3.63, 3.8) is 0 Å². The number of rotatable bonds is 3. The molecule has 2 aliphatic heterocycles. The lowest BCUT2D eigenvalue weighted by molar-refractivity contribution is -0.144. The second-order valence-corrected chi connectivity index (χ2v) is 7.78. The van der Waals surface area contributed by atoms with Crippen LogP contribution in [0.4, 0.5) is 5.82 Å². The summed E-state index contributed by atoms with van der Waals surface area (Å²) in [6.07, 6.45) is 3.26. The summed E-state index contributed by atoms with van der Waals surface area (Å²) >= 11 is 0. The normalized spacial score (nSPS) is 22.2. The van der Waals surface area contributed by atoms with E-state index in [2.05, 4.69) is 15.7 Å². The summed E-state index contributed by atoms with van der Waals surface area (Å²) in [7, 11) is 0. The number of hydrogen-bond donors (Lipinski definition) is 2. The van der Waals surface area contributed by atoms with Crippen molar-refractivity contribution in [3.8, 4) is 5.69 Å². The average molecular weight is 381 g/mol. The van der Waals surface area contributed by atoms with Gasteiger partial charge in [0.2, 0.25) is 0 Å². The Morgan fingerprint density at radius 2 is 2.00 bits per heavy atom. The molecule has 7 heteroatoms. The van der Waals surface area contributed by atoms with Gasteiger partial charge in [0.1, 0.15) is 0 Å². The number of nitrogens with one attached hydrogen (secondary N) is 2. The molecule has 0 aliphatic carbocycles. The van der Waals surface area contributed by atoms with Crippen LogP contribution in [0.2, 0.25) is 0 Å². The predicted octanol–water partition coefficient (Wildman–Crippen LogP) is 1.97. The molecule has 28 heavy (non-hydrogen) atoms. The van der Waals surface area contributed by atoms with E-state index in [0.29, 0.717) is 30.7 Å². The SMILES string of the molecule is Cc1cc(NC(=O)C(=O)N2CCCC(C3CCNC3)C2)nn1-c1ccccc1. The molecule has 1 aromatic heterocycles. The van der Waals surface area contributed by atoms with Crippen molar-refractivity contribution in [1.82, 2.24) is 20.0 Å². The van der Waals surface area contributed by atoms with Gasteiger partial charge in [-0.25, -0.2) is 4.68 Å². The lowest BCUT2D eigenvalue weighted by Gasteiger charge is -2.35. The zero-order chi connectivity index (χ0) is 19.5. The summed E-state index contributed by atoms with van der Waals surface area (Å²) in [4.78, 5) is 26.9. The van der Waals surface area contributed by atoms with E-state index in [-0.39, 0.29) is 0 Å². The fourth-order valence-corrected chi connectivity index (χ4v) is 4.34. The minimum atomic E-state index is -0.608. The summed E-state index contributed by atoms with van der Waals surface area (Å²) < 4.78 is 1.75. The highest BCUT2D eigenvalue weighted by Gasteiger charge is 2.33. The summed E-state index contributed by atoms with van der Waals surface area (Å²) in [5.41, 5.74) is 1.80. The molecule has 3 heterocycles. The number of anilines is 1. The number of carbonyl (C=O) groups excluding carboxylic acids is 2. The zero-order valence-electron chi connectivity index (χ0n) is 16.2. The topological polar surface area (TPSA) is 79.3 Å². The molecule has 2 fully saturated rings. The summed E-state index contributed by atoms with van der Waals surface area (Å²) in [6.45, 7) is 5.33. The Hall–Kier alpha value is -2.67. The van der Waals surface area contributed by atoms with Crippen molar-refractivity contribution in [2.75, 3.05) is 31.5 Å². The first-order chi connectivity index (χ1) is 13.6. The maximum atomic E-state index is 12.7. The fourth-order valence-electron chi connectivity index (χ4n) is 4.34. The van der Waals surface area contributed by atoms with E-state index >= 15 is 0 Å². The standard InChI is InChI=1S/C21H27N5O2/c1-15-12-19(24-26(15)18-7-3-2-4-8-18)23-20(27)21(28)25-11-5-6-17(14-25)16-9-10-22-13-16/h2-4,7-8,12,16-17,22H,5-6,9-11,13-14H2,1H3,(H,23,24,27). The zero-order valence-corrected chi connectivity index (χ0v) is 16.2. The van der Waals surface area contributed by atoms with E-state index in [0.717, 1.165) is 43.7 Å². The molecular weight excluding hydrogens is 354 g/mol. The van der Waals surface area contributed by atoms with Crippen LogP contribution in [0.1, 0.15) is 25.0 Å². The van der Waals surface area contributed by atoms with Gasteiger partial charge in [0.05, 0.1) is 5.69 Å². The van der Waals surface area contributed by atoms with Gasteiger partial charge in [-0.05, 0) is 63.2 Å². The molecule has 2 unspecified atom stereocenters. The first kappa shape index (κ1) is 18.7. The number of likely N-dealkylation sites (tertiary alicyclic amines) is 1. The van der Waals surface area contributed by atoms with E-state index in [4.69, 9.17) is 0 Å². The second kappa shape index (κ2) is 8.14. The monoisotopic (exact) mass is 381 g/mol. The Morgan fingerprint density at radius 1 is 1.18 bits per heavy atom. The molecule has 0 saturated carbocycles. The minimum Gasteiger partial charge on any atom is -0.334 e. The smallest absolute Gasteiger partial charge is 0.315 e. The molecule has 1 aromatic carbocycles. The average Bonchev–Trinajstić information content (AvgIpc) is 3.38. The number of aromatic nitrogens is 2. The maximum Gasteiger partial charge on any atom is 0.315 e. The van der Waals surface area contributed by atoms with Gasteiger partial charge in [-0.15, -0.1) is 5.10 Å². The fraction of sp³-hybridized carbons (Fsp3) is 0.476. The predicted molar refractivity (Wildman–Crippen MR) is 107 cm³/mol. The van der Waals surface area contributed by atoms with E-state index in [1.165, 1.54) is 0 Å². The molecule has 2 N–H and O–H groups in total. The highest BCUT2D eigenvalue weighted by molar-refractivity contribution is 6.39. The van der Waals surface area contributed by atoms with Crippen LogP contribution in [0.3, 0.4) is 0 Å². The quantitative estimate of drug-likeness (QED) is 0.797. The molecule has 0 bridgehead atoms. The van der Waals surface area contributed by atoms with Crippen molar-refractivity contribution < 1.29 is 9.59 Å². The molecule has 2 aliphatic rings. The molecule has 2 atom stereocenters. The van der Waals surface area contributed by atoms with Gasteiger partial charge in [0, 0.05) is 24.8 Å². The van der Waals surface area contributed by atoms with Crippen molar-refractivity contribution in [1.29, 1.82) is 0 Å². The molecular formula is C21H27N5O2. The number of nitrogens with zero attached hydrogens (tertiary/aromatic N) is 3. The minimum absolute atomic E-state index is 0.397. The van der Waals surface area contributed by atoms with Gasteiger partial charge in [0.15, 0.2) is 5.82 Å². The Balaban J connectivity index is 1.40. The Morgan fingerprint density at radius 3 is 2.75 bits per heavy atom. The van der Waals surface area contributed by atoms with Crippen LogP contribution >= 0.6 is 0 Å². The Labute approximate surface area is 165 Å². The second-order valence-electron chi connectivity index (χ2n) is 7.78. The summed E-state index contributed by atoms with van der Waals surface area (Å²) in [6, 6.07) is 11.5. The third-order valence-electron chi connectivity index (χ3n) is 5.83. The van der Waals surface area contributed by atoms with Crippen LogP contribution in [0.25, 0.3) is 5.69 Å². The van der Waals surface area contributed by atoms with E-state index < -0.39 is 11.8 Å². The number of piperidine rings is 1. The first-order valence-corrected chi connectivity index (χ1v) is 10.0. The number of hydrogen-bond acceptors (Lipinski definition) is 4. The van der Waals surface area contributed by atoms with Crippen LogP contribution in [0, 0.1) is 18.8 Å². The van der Waals surface area contributed by atoms with E-state index in [9.17, 15) is 9.59 Å². The van der Waals surface area contributed by atoms with Crippen molar-refractivity contribution in [2.24, 2.45) is 11.8 Å². The molecule has 0 radical (unpaired) electrons. The summed E-state index contributed by atoms with van der Waals surface area (Å²) in [5, 5.41) is 10.5. The van der Waals surface area contributed by atoms with Crippen LogP contribution in [0.5, 0.6) is 0 Å². The Bertz CT molecular complexity index is 842. The molecule has 7 nitrogen and oxygen atoms in total. The lowest BCUT2D eigenvalue weighted by Crippen LogP contribution is -2.46. The van der Waals surface area contributed by atoms with Gasteiger partial charge in [-0.3, -0.25) is 9.59 Å². The molecule has 2 aromatic rings. The van der Waals surface area contributed by atoms with E-state index in [1.54, 1.807) is 15.6 Å². The van der Waals surface area contributed by atoms with Gasteiger partial charge in [0.25, 0.3) is 0 Å². The molecule has 2 amide bonds. The summed E-state index contributed by atoms with van der Waals surface area (Å²) in [5.74, 6) is 0.432. The van der Waals surface area contributed by atoms with Gasteiger partial charge < -0.3 is 15.5 Å². The largest absolute Gasteiger partial charge is 0.334 e. The van der Waals surface area contributed by atoms with Gasteiger partial charge in [-0.1, -0.05) is 18.2 Å². The molecule has 2 saturated heterocycles. The Kier molecular flexibility index (Phi) is 5.43. The lowest BCUT2D eigenvalue weighted by atomic mass is 9.85. The van der Waals surface area contributed by atoms with E-state index in [1.807, 2.05) is 37.3 Å². The number of benzene rings is 1. The number of carbonyl (C=O) groups is 2. The highest BCUT2D eigenvalue weighted by Crippen LogP contribution is 2.28. The highest BCUT2D eigenvalue weighted by atomic mass is 16.2. The molecule has 0 spiro atoms. The number of amides is 2.